The van der Waals surface area contributed by atoms with Gasteiger partial charge in [0.2, 0.25) is 0 Å². The standard InChI is InChI=1S/C22H27F3O4/c1-21(2,3)29-19(26)13-6-15-4-7-16(8-5-15)17-9-11-18(12-10-17)28-20(27)14-22(23,24)25/h4-8,13,17-18H,9-12,14H2,1-3H3/b13-6+. The Balaban J connectivity index is 1.83. The van der Waals surface area contributed by atoms with Crippen LogP contribution >= 0.6 is 0 Å². The first-order valence-corrected chi connectivity index (χ1v) is 9.68. The van der Waals surface area contributed by atoms with E-state index in [4.69, 9.17) is 9.47 Å². The molecular formula is C22H27F3O4. The molecular weight excluding hydrogens is 385 g/mol. The molecule has 0 heterocycles. The monoisotopic (exact) mass is 412 g/mol. The highest BCUT2D eigenvalue weighted by molar-refractivity contribution is 5.87. The van der Waals surface area contributed by atoms with E-state index in [0.29, 0.717) is 12.8 Å². The van der Waals surface area contributed by atoms with Gasteiger partial charge in [-0.2, -0.15) is 13.2 Å². The molecule has 2 rings (SSSR count). The van der Waals surface area contributed by atoms with Crippen molar-refractivity contribution in [2.75, 3.05) is 0 Å². The van der Waals surface area contributed by atoms with Crippen LogP contribution < -0.4 is 0 Å². The fourth-order valence-corrected chi connectivity index (χ4v) is 3.28. The van der Waals surface area contributed by atoms with Crippen LogP contribution in [0.5, 0.6) is 0 Å². The minimum atomic E-state index is -4.53. The number of benzene rings is 1. The van der Waals surface area contributed by atoms with Gasteiger partial charge in [-0.3, -0.25) is 4.79 Å². The molecule has 1 aromatic carbocycles. The smallest absolute Gasteiger partial charge is 0.399 e. The third-order valence-electron chi connectivity index (χ3n) is 4.54. The van der Waals surface area contributed by atoms with Gasteiger partial charge in [0.15, 0.2) is 0 Å². The second-order valence-electron chi connectivity index (χ2n) is 8.29. The zero-order valence-electron chi connectivity index (χ0n) is 16.9. The summed E-state index contributed by atoms with van der Waals surface area (Å²) < 4.78 is 46.8. The normalized spacial score (nSPS) is 20.5. The van der Waals surface area contributed by atoms with E-state index in [9.17, 15) is 22.8 Å². The maximum atomic E-state index is 12.2. The summed E-state index contributed by atoms with van der Waals surface area (Å²) in [5, 5.41) is 0. The summed E-state index contributed by atoms with van der Waals surface area (Å²) in [6, 6.07) is 7.78. The highest BCUT2D eigenvalue weighted by atomic mass is 19.4. The highest BCUT2D eigenvalue weighted by Crippen LogP contribution is 2.34. The zero-order chi connectivity index (χ0) is 21.7. The fraction of sp³-hybridized carbons (Fsp3) is 0.545. The van der Waals surface area contributed by atoms with Gasteiger partial charge in [-0.05, 0) is 69.6 Å². The molecule has 0 amide bonds. The van der Waals surface area contributed by atoms with Gasteiger partial charge in [-0.15, -0.1) is 0 Å². The second-order valence-corrected chi connectivity index (χ2v) is 8.29. The summed E-state index contributed by atoms with van der Waals surface area (Å²) in [4.78, 5) is 23.0. The number of ether oxygens (including phenoxy) is 2. The average molecular weight is 412 g/mol. The topological polar surface area (TPSA) is 52.6 Å². The molecule has 0 aliphatic heterocycles. The number of hydrogen-bond acceptors (Lipinski definition) is 4. The number of carbonyl (C=O) groups excluding carboxylic acids is 2. The van der Waals surface area contributed by atoms with Crippen LogP contribution in [0.3, 0.4) is 0 Å². The maximum Gasteiger partial charge on any atom is 0.399 e. The first-order chi connectivity index (χ1) is 13.4. The van der Waals surface area contributed by atoms with Crippen molar-refractivity contribution < 1.29 is 32.2 Å². The van der Waals surface area contributed by atoms with E-state index >= 15 is 0 Å². The van der Waals surface area contributed by atoms with Crippen molar-refractivity contribution in [1.29, 1.82) is 0 Å². The quantitative estimate of drug-likeness (QED) is 0.469. The third-order valence-corrected chi connectivity index (χ3v) is 4.54. The number of hydrogen-bond donors (Lipinski definition) is 0. The molecule has 1 saturated carbocycles. The predicted molar refractivity (Wildman–Crippen MR) is 103 cm³/mol. The second kappa shape index (κ2) is 9.46. The van der Waals surface area contributed by atoms with Gasteiger partial charge in [0.1, 0.15) is 18.1 Å². The SMILES string of the molecule is CC(C)(C)OC(=O)/C=C/c1ccc(C2CCC(OC(=O)CC(F)(F)F)CC2)cc1. The van der Waals surface area contributed by atoms with Crippen LogP contribution in [0.2, 0.25) is 0 Å². The molecule has 1 fully saturated rings. The average Bonchev–Trinajstić information content (AvgIpc) is 2.58. The summed E-state index contributed by atoms with van der Waals surface area (Å²) in [6.07, 6.45) is -0.844. The number of carbonyl (C=O) groups is 2. The van der Waals surface area contributed by atoms with E-state index in [2.05, 4.69) is 0 Å². The Kier molecular flexibility index (Phi) is 7.49. The van der Waals surface area contributed by atoms with Gasteiger partial charge >= 0.3 is 18.1 Å². The molecule has 1 aliphatic rings. The van der Waals surface area contributed by atoms with Crippen molar-refractivity contribution in [2.45, 2.75) is 76.7 Å². The summed E-state index contributed by atoms with van der Waals surface area (Å²) in [5.41, 5.74) is 1.46. The van der Waals surface area contributed by atoms with Crippen molar-refractivity contribution in [2.24, 2.45) is 0 Å². The molecule has 0 spiro atoms. The molecule has 0 radical (unpaired) electrons. The number of rotatable bonds is 5. The van der Waals surface area contributed by atoms with E-state index in [1.165, 1.54) is 6.08 Å². The Hall–Kier alpha value is -2.31. The summed E-state index contributed by atoms with van der Waals surface area (Å²) in [6.45, 7) is 5.42. The van der Waals surface area contributed by atoms with E-state index < -0.39 is 36.2 Å². The van der Waals surface area contributed by atoms with Crippen LogP contribution in [-0.4, -0.2) is 29.8 Å². The molecule has 1 aliphatic carbocycles. The van der Waals surface area contributed by atoms with Gasteiger partial charge < -0.3 is 9.47 Å². The highest BCUT2D eigenvalue weighted by Gasteiger charge is 2.34. The Morgan fingerprint density at radius 3 is 2.14 bits per heavy atom. The van der Waals surface area contributed by atoms with Crippen LogP contribution in [0.25, 0.3) is 6.08 Å². The molecule has 0 N–H and O–H groups in total. The Morgan fingerprint density at radius 2 is 1.62 bits per heavy atom. The first kappa shape index (κ1) is 23.0. The Bertz CT molecular complexity index is 722. The number of esters is 2. The minimum Gasteiger partial charge on any atom is -0.462 e. The van der Waals surface area contributed by atoms with Crippen molar-refractivity contribution in [1.82, 2.24) is 0 Å². The van der Waals surface area contributed by atoms with Crippen LogP contribution in [-0.2, 0) is 19.1 Å². The van der Waals surface area contributed by atoms with Crippen molar-refractivity contribution in [3.8, 4) is 0 Å². The molecule has 0 aromatic heterocycles. The van der Waals surface area contributed by atoms with Gasteiger partial charge in [0.05, 0.1) is 0 Å². The van der Waals surface area contributed by atoms with Gasteiger partial charge in [-0.1, -0.05) is 24.3 Å². The maximum absolute atomic E-state index is 12.2. The predicted octanol–water partition coefficient (Wildman–Crippen LogP) is 5.56. The largest absolute Gasteiger partial charge is 0.462 e. The van der Waals surface area contributed by atoms with Crippen LogP contribution in [0.1, 0.15) is 69.9 Å². The molecule has 7 heteroatoms. The third kappa shape index (κ3) is 8.71. The first-order valence-electron chi connectivity index (χ1n) is 9.68. The lowest BCUT2D eigenvalue weighted by Gasteiger charge is -2.28. The molecule has 0 bridgehead atoms. The molecule has 1 aromatic rings. The molecule has 0 unspecified atom stereocenters. The lowest BCUT2D eigenvalue weighted by atomic mass is 9.82. The van der Waals surface area contributed by atoms with Crippen LogP contribution in [0.15, 0.2) is 30.3 Å². The summed E-state index contributed by atoms with van der Waals surface area (Å²) in [7, 11) is 0. The van der Waals surface area contributed by atoms with Crippen molar-refractivity contribution >= 4 is 18.0 Å². The van der Waals surface area contributed by atoms with E-state index in [0.717, 1.165) is 24.0 Å². The van der Waals surface area contributed by atoms with E-state index in [-0.39, 0.29) is 5.92 Å². The molecule has 0 saturated heterocycles. The molecule has 4 nitrogen and oxygen atoms in total. The number of alkyl halides is 3. The summed E-state index contributed by atoms with van der Waals surface area (Å²) >= 11 is 0. The molecule has 160 valence electrons. The van der Waals surface area contributed by atoms with Crippen LogP contribution in [0, 0.1) is 0 Å². The summed E-state index contributed by atoms with van der Waals surface area (Å²) in [5.74, 6) is -1.33. The van der Waals surface area contributed by atoms with Crippen molar-refractivity contribution in [3.63, 3.8) is 0 Å². The number of halogens is 3. The van der Waals surface area contributed by atoms with Gasteiger partial charge in [0, 0.05) is 6.08 Å². The van der Waals surface area contributed by atoms with E-state index in [1.807, 2.05) is 24.3 Å². The fourth-order valence-electron chi connectivity index (χ4n) is 3.28. The lowest BCUT2D eigenvalue weighted by molar-refractivity contribution is -0.176. The van der Waals surface area contributed by atoms with Crippen molar-refractivity contribution in [3.05, 3.63) is 41.5 Å². The Labute approximate surface area is 169 Å². The molecule has 29 heavy (non-hydrogen) atoms. The van der Waals surface area contributed by atoms with Crippen LogP contribution in [0.4, 0.5) is 13.2 Å². The van der Waals surface area contributed by atoms with E-state index in [1.54, 1.807) is 26.8 Å². The zero-order valence-corrected chi connectivity index (χ0v) is 16.9. The Morgan fingerprint density at radius 1 is 1.03 bits per heavy atom. The van der Waals surface area contributed by atoms with Gasteiger partial charge in [-0.25, -0.2) is 4.79 Å². The lowest BCUT2D eigenvalue weighted by Crippen LogP contribution is -2.26. The molecule has 0 atom stereocenters. The van der Waals surface area contributed by atoms with Gasteiger partial charge in [0.25, 0.3) is 0 Å². The minimum absolute atomic E-state index is 0.274.